The highest BCUT2D eigenvalue weighted by molar-refractivity contribution is 5.85. The summed E-state index contributed by atoms with van der Waals surface area (Å²) in [6.45, 7) is 1.21. The van der Waals surface area contributed by atoms with Gasteiger partial charge in [-0.15, -0.1) is 12.4 Å². The van der Waals surface area contributed by atoms with Crippen molar-refractivity contribution in [2.45, 2.75) is 6.42 Å². The van der Waals surface area contributed by atoms with Crippen LogP contribution in [0.1, 0.15) is 6.42 Å². The molecule has 1 aliphatic heterocycles. The first-order valence-corrected chi connectivity index (χ1v) is 2.26. The number of rotatable bonds is 0. The van der Waals surface area contributed by atoms with E-state index in [4.69, 9.17) is 0 Å². The van der Waals surface area contributed by atoms with Crippen molar-refractivity contribution in [3.8, 4) is 0 Å². The van der Waals surface area contributed by atoms with E-state index in [-0.39, 0.29) is 12.4 Å². The summed E-state index contributed by atoms with van der Waals surface area (Å²) in [5.41, 5.74) is 0. The second-order valence-electron chi connectivity index (χ2n) is 1.65. The third-order valence-corrected chi connectivity index (χ3v) is 1.01. The van der Waals surface area contributed by atoms with Crippen LogP contribution >= 0.6 is 12.4 Å². The van der Waals surface area contributed by atoms with Crippen LogP contribution in [0.4, 0.5) is 0 Å². The summed E-state index contributed by atoms with van der Waals surface area (Å²) in [6, 6.07) is 0. The zero-order valence-electron chi connectivity index (χ0n) is 4.42. The average molecular weight is 120 g/mol. The monoisotopic (exact) mass is 119 g/mol. The van der Waals surface area contributed by atoms with Crippen LogP contribution in [0.25, 0.3) is 0 Å². The number of halogens is 1. The van der Waals surface area contributed by atoms with Gasteiger partial charge in [0.2, 0.25) is 0 Å². The van der Waals surface area contributed by atoms with Gasteiger partial charge < -0.3 is 4.90 Å². The zero-order valence-corrected chi connectivity index (χ0v) is 5.24. The molecular weight excluding hydrogens is 110 g/mol. The lowest BCUT2D eigenvalue weighted by Gasteiger charge is -2.02. The molecule has 0 saturated carbocycles. The lowest BCUT2D eigenvalue weighted by molar-refractivity contribution is 0.496. The highest BCUT2D eigenvalue weighted by Gasteiger charge is 1.92. The van der Waals surface area contributed by atoms with Gasteiger partial charge in [0.1, 0.15) is 0 Å². The third kappa shape index (κ3) is 1.83. The van der Waals surface area contributed by atoms with Crippen LogP contribution in [0.5, 0.6) is 0 Å². The summed E-state index contributed by atoms with van der Waals surface area (Å²) >= 11 is 0. The third-order valence-electron chi connectivity index (χ3n) is 1.01. The first kappa shape index (κ1) is 6.83. The van der Waals surface area contributed by atoms with Crippen LogP contribution in [0.3, 0.4) is 0 Å². The van der Waals surface area contributed by atoms with E-state index in [0.717, 1.165) is 0 Å². The largest absolute Gasteiger partial charge is 0.380 e. The number of hydrogen-bond acceptors (Lipinski definition) is 1. The Bertz CT molecular complexity index is 70.5. The molecule has 0 aromatic carbocycles. The Morgan fingerprint density at radius 3 is 2.43 bits per heavy atom. The fourth-order valence-corrected chi connectivity index (χ4v) is 0.607. The molecule has 0 aromatic heterocycles. The van der Waals surface area contributed by atoms with Gasteiger partial charge in [0.15, 0.2) is 0 Å². The maximum Gasteiger partial charge on any atom is 0.0204 e. The van der Waals surface area contributed by atoms with Crippen LogP contribution < -0.4 is 0 Å². The molecule has 1 aliphatic rings. The van der Waals surface area contributed by atoms with Crippen molar-refractivity contribution in [2.75, 3.05) is 13.6 Å². The van der Waals surface area contributed by atoms with Gasteiger partial charge in [-0.3, -0.25) is 0 Å². The Morgan fingerprint density at radius 1 is 1.57 bits per heavy atom. The molecule has 7 heavy (non-hydrogen) atoms. The van der Waals surface area contributed by atoms with E-state index in [1.165, 1.54) is 13.0 Å². The maximum atomic E-state index is 2.18. The molecule has 1 rings (SSSR count). The first-order chi connectivity index (χ1) is 2.89. The predicted octanol–water partition coefficient (Wildman–Crippen LogP) is 1.26. The summed E-state index contributed by atoms with van der Waals surface area (Å²) in [7, 11) is 2.09. The van der Waals surface area contributed by atoms with Crippen LogP contribution in [0, 0.1) is 0 Å². The molecule has 0 amide bonds. The van der Waals surface area contributed by atoms with Crippen molar-refractivity contribution in [3.63, 3.8) is 0 Å². The molecule has 0 spiro atoms. The summed E-state index contributed by atoms with van der Waals surface area (Å²) < 4.78 is 0. The number of nitrogens with zero attached hydrogens (tertiary/aromatic N) is 1. The van der Waals surface area contributed by atoms with Crippen molar-refractivity contribution in [3.05, 3.63) is 12.3 Å². The average Bonchev–Trinajstić information content (AvgIpc) is 1.86. The normalized spacial score (nSPS) is 17.0. The van der Waals surface area contributed by atoms with Crippen molar-refractivity contribution in [1.82, 2.24) is 4.90 Å². The molecule has 1 nitrogen and oxygen atoms in total. The topological polar surface area (TPSA) is 3.24 Å². The highest BCUT2D eigenvalue weighted by Crippen LogP contribution is 1.97. The maximum absolute atomic E-state index is 2.18. The van der Waals surface area contributed by atoms with Gasteiger partial charge in [0, 0.05) is 13.6 Å². The summed E-state index contributed by atoms with van der Waals surface area (Å²) in [5, 5.41) is 0. The van der Waals surface area contributed by atoms with E-state index >= 15 is 0 Å². The SMILES string of the molecule is CN1C=CCC1.Cl. The van der Waals surface area contributed by atoms with Crippen molar-refractivity contribution in [2.24, 2.45) is 0 Å². The van der Waals surface area contributed by atoms with Gasteiger partial charge in [0.05, 0.1) is 0 Å². The van der Waals surface area contributed by atoms with Crippen LogP contribution in [0.15, 0.2) is 12.3 Å². The van der Waals surface area contributed by atoms with Crippen molar-refractivity contribution in [1.29, 1.82) is 0 Å². The fraction of sp³-hybridized carbons (Fsp3) is 0.600. The molecule has 0 fully saturated rings. The smallest absolute Gasteiger partial charge is 0.0204 e. The van der Waals surface area contributed by atoms with E-state index in [9.17, 15) is 0 Å². The van der Waals surface area contributed by atoms with Gasteiger partial charge in [-0.05, 0) is 12.6 Å². The summed E-state index contributed by atoms with van der Waals surface area (Å²) in [4.78, 5) is 2.18. The molecule has 0 radical (unpaired) electrons. The molecule has 2 heteroatoms. The molecule has 0 aromatic rings. The highest BCUT2D eigenvalue weighted by atomic mass is 35.5. The van der Waals surface area contributed by atoms with E-state index in [0.29, 0.717) is 0 Å². The first-order valence-electron chi connectivity index (χ1n) is 2.26. The van der Waals surface area contributed by atoms with Crippen LogP contribution in [-0.4, -0.2) is 18.5 Å². The Morgan fingerprint density at radius 2 is 2.29 bits per heavy atom. The van der Waals surface area contributed by atoms with E-state index in [2.05, 4.69) is 24.2 Å². The summed E-state index contributed by atoms with van der Waals surface area (Å²) in [6.07, 6.45) is 5.52. The second kappa shape index (κ2) is 2.92. The molecule has 0 saturated heterocycles. The van der Waals surface area contributed by atoms with E-state index in [1.807, 2.05) is 0 Å². The standard InChI is InChI=1S/C5H9N.ClH/c1-6-4-2-3-5-6;/h2,4H,3,5H2,1H3;1H. The molecule has 1 heterocycles. The Kier molecular flexibility index (Phi) is 2.84. The van der Waals surface area contributed by atoms with Crippen LogP contribution in [-0.2, 0) is 0 Å². The second-order valence-corrected chi connectivity index (χ2v) is 1.65. The molecule has 0 aliphatic carbocycles. The van der Waals surface area contributed by atoms with Gasteiger partial charge in [-0.1, -0.05) is 6.08 Å². The fourth-order valence-electron chi connectivity index (χ4n) is 0.607. The minimum atomic E-state index is 0. The lowest BCUT2D eigenvalue weighted by Crippen LogP contribution is -2.04. The Hall–Kier alpha value is -0.170. The molecule has 0 bridgehead atoms. The van der Waals surface area contributed by atoms with Crippen molar-refractivity contribution < 1.29 is 0 Å². The zero-order chi connectivity index (χ0) is 4.41. The van der Waals surface area contributed by atoms with Gasteiger partial charge >= 0.3 is 0 Å². The van der Waals surface area contributed by atoms with Crippen LogP contribution in [0.2, 0.25) is 0 Å². The van der Waals surface area contributed by atoms with Gasteiger partial charge in [-0.2, -0.15) is 0 Å². The molecule has 0 N–H and O–H groups in total. The Labute approximate surface area is 50.4 Å². The van der Waals surface area contributed by atoms with E-state index in [1.54, 1.807) is 0 Å². The molecular formula is C5H10ClN. The quantitative estimate of drug-likeness (QED) is 0.464. The summed E-state index contributed by atoms with van der Waals surface area (Å²) in [5.74, 6) is 0. The van der Waals surface area contributed by atoms with Gasteiger partial charge in [0.25, 0.3) is 0 Å². The minimum Gasteiger partial charge on any atom is -0.380 e. The van der Waals surface area contributed by atoms with E-state index < -0.39 is 0 Å². The molecule has 42 valence electrons. The Balaban J connectivity index is 0.000000360. The minimum absolute atomic E-state index is 0. The molecule has 0 atom stereocenters. The molecule has 0 unspecified atom stereocenters. The number of hydrogen-bond donors (Lipinski definition) is 0. The predicted molar refractivity (Wildman–Crippen MR) is 33.6 cm³/mol. The van der Waals surface area contributed by atoms with Crippen molar-refractivity contribution >= 4 is 12.4 Å². The lowest BCUT2D eigenvalue weighted by atomic mass is 10.5. The van der Waals surface area contributed by atoms with Gasteiger partial charge in [-0.25, -0.2) is 0 Å².